The largest absolute Gasteiger partial charge is 0.381 e. The third kappa shape index (κ3) is 16.1. The summed E-state index contributed by atoms with van der Waals surface area (Å²) < 4.78 is 11.2. The van der Waals surface area contributed by atoms with Gasteiger partial charge in [-0.15, -0.1) is 0 Å². The van der Waals surface area contributed by atoms with Crippen LogP contribution in [0.4, 0.5) is 0 Å². The van der Waals surface area contributed by atoms with E-state index in [2.05, 4.69) is 13.8 Å². The molecule has 0 N–H and O–H groups in total. The average molecular weight is 369 g/mol. The fraction of sp³-hybridized carbons (Fsp3) is 1.00. The second-order valence-corrected chi connectivity index (χ2v) is 8.71. The van der Waals surface area contributed by atoms with Gasteiger partial charge in [-0.05, 0) is 32.6 Å². The molecule has 0 spiro atoms. The lowest BCUT2D eigenvalue weighted by atomic mass is 9.85. The topological polar surface area (TPSA) is 18.5 Å². The number of hydrogen-bond acceptors (Lipinski definition) is 2. The van der Waals surface area contributed by atoms with Crippen molar-refractivity contribution in [2.45, 2.75) is 129 Å². The summed E-state index contributed by atoms with van der Waals surface area (Å²) in [7, 11) is 0. The normalized spacial score (nSPS) is 15.8. The van der Waals surface area contributed by atoms with Crippen molar-refractivity contribution >= 4 is 0 Å². The van der Waals surface area contributed by atoms with Gasteiger partial charge in [0.15, 0.2) is 0 Å². The van der Waals surface area contributed by atoms with Crippen LogP contribution in [0.3, 0.4) is 0 Å². The van der Waals surface area contributed by atoms with E-state index in [1.54, 1.807) is 0 Å². The Hall–Kier alpha value is -0.0800. The molecule has 0 aromatic rings. The van der Waals surface area contributed by atoms with E-state index in [0.717, 1.165) is 32.2 Å². The molecule has 1 aliphatic carbocycles. The number of unbranched alkanes of at least 4 members (excludes halogenated alkanes) is 9. The minimum absolute atomic E-state index is 0.344. The van der Waals surface area contributed by atoms with Gasteiger partial charge in [-0.1, -0.05) is 96.3 Å². The Morgan fingerprint density at radius 2 is 1.15 bits per heavy atom. The highest BCUT2D eigenvalue weighted by Gasteiger charge is 2.12. The number of ether oxygens (including phenoxy) is 2. The molecule has 0 amide bonds. The molecule has 0 aliphatic heterocycles. The van der Waals surface area contributed by atoms with Crippen molar-refractivity contribution in [1.29, 1.82) is 0 Å². The summed E-state index contributed by atoms with van der Waals surface area (Å²) in [5.74, 6) is 1.08. The van der Waals surface area contributed by atoms with E-state index in [1.165, 1.54) is 103 Å². The van der Waals surface area contributed by atoms with Crippen molar-refractivity contribution < 1.29 is 9.47 Å². The Balaban J connectivity index is 1.66. The van der Waals surface area contributed by atoms with Gasteiger partial charge in [0.25, 0.3) is 0 Å². The van der Waals surface area contributed by atoms with Crippen molar-refractivity contribution in [3.05, 3.63) is 0 Å². The molecule has 2 nitrogen and oxygen atoms in total. The van der Waals surface area contributed by atoms with Crippen LogP contribution in [-0.2, 0) is 9.47 Å². The molecule has 1 saturated carbocycles. The lowest BCUT2D eigenvalue weighted by Gasteiger charge is -2.21. The van der Waals surface area contributed by atoms with Crippen molar-refractivity contribution in [3.63, 3.8) is 0 Å². The van der Waals surface area contributed by atoms with Gasteiger partial charge >= 0.3 is 0 Å². The number of rotatable bonds is 18. The summed E-state index contributed by atoms with van der Waals surface area (Å²) in [5, 5.41) is 0. The molecule has 0 atom stereocenters. The first-order valence-corrected chi connectivity index (χ1v) is 12.0. The molecule has 2 heteroatoms. The third-order valence-electron chi connectivity index (χ3n) is 5.76. The van der Waals surface area contributed by atoms with E-state index >= 15 is 0 Å². The Labute approximate surface area is 164 Å². The Kier molecular flexibility index (Phi) is 16.9. The molecule has 0 unspecified atom stereocenters. The predicted molar refractivity (Wildman–Crippen MR) is 114 cm³/mol. The minimum atomic E-state index is 0.344. The molecular weight excluding hydrogens is 320 g/mol. The first-order valence-electron chi connectivity index (χ1n) is 12.0. The van der Waals surface area contributed by atoms with Crippen LogP contribution in [-0.4, -0.2) is 25.9 Å². The molecule has 0 aromatic carbocycles. The standard InChI is InChI=1S/C24H48O2/c1-23(2)26-22-16-21-25-20-15-10-8-6-4-3-5-7-9-12-17-24-18-13-11-14-19-24/h23-24H,3-22H2,1-2H3. The molecule has 156 valence electrons. The monoisotopic (exact) mass is 368 g/mol. The summed E-state index contributed by atoms with van der Waals surface area (Å²) >= 11 is 0. The van der Waals surface area contributed by atoms with Crippen LogP contribution in [0.1, 0.15) is 123 Å². The van der Waals surface area contributed by atoms with Crippen LogP contribution < -0.4 is 0 Å². The first kappa shape index (κ1) is 24.0. The van der Waals surface area contributed by atoms with Crippen LogP contribution in [0, 0.1) is 5.92 Å². The average Bonchev–Trinajstić information content (AvgIpc) is 2.65. The molecule has 26 heavy (non-hydrogen) atoms. The Morgan fingerprint density at radius 1 is 0.615 bits per heavy atom. The Bertz CT molecular complexity index is 271. The summed E-state index contributed by atoms with van der Waals surface area (Å²) in [5.41, 5.74) is 0. The lowest BCUT2D eigenvalue weighted by molar-refractivity contribution is 0.0507. The van der Waals surface area contributed by atoms with Gasteiger partial charge in [0, 0.05) is 19.8 Å². The third-order valence-corrected chi connectivity index (χ3v) is 5.76. The second kappa shape index (κ2) is 18.3. The van der Waals surface area contributed by atoms with E-state index in [4.69, 9.17) is 9.47 Å². The molecule has 0 radical (unpaired) electrons. The molecule has 1 aliphatic rings. The van der Waals surface area contributed by atoms with Gasteiger partial charge in [-0.3, -0.25) is 0 Å². The van der Waals surface area contributed by atoms with Gasteiger partial charge in [-0.25, -0.2) is 0 Å². The van der Waals surface area contributed by atoms with Crippen molar-refractivity contribution in [1.82, 2.24) is 0 Å². The van der Waals surface area contributed by atoms with E-state index in [9.17, 15) is 0 Å². The molecule has 0 heterocycles. The minimum Gasteiger partial charge on any atom is -0.381 e. The molecule has 0 aromatic heterocycles. The quantitative estimate of drug-likeness (QED) is 0.231. The highest BCUT2D eigenvalue weighted by molar-refractivity contribution is 4.65. The Morgan fingerprint density at radius 3 is 1.77 bits per heavy atom. The fourth-order valence-corrected chi connectivity index (χ4v) is 4.11. The highest BCUT2D eigenvalue weighted by atomic mass is 16.5. The maximum absolute atomic E-state index is 5.66. The highest BCUT2D eigenvalue weighted by Crippen LogP contribution is 2.28. The summed E-state index contributed by atoms with van der Waals surface area (Å²) in [6, 6.07) is 0. The number of hydrogen-bond donors (Lipinski definition) is 0. The summed E-state index contributed by atoms with van der Waals surface area (Å²) in [6.07, 6.45) is 24.6. The molecule has 0 saturated heterocycles. The van der Waals surface area contributed by atoms with Gasteiger partial charge in [-0.2, -0.15) is 0 Å². The predicted octanol–water partition coefficient (Wildman–Crippen LogP) is 7.69. The fourth-order valence-electron chi connectivity index (χ4n) is 4.11. The molecule has 1 fully saturated rings. The molecular formula is C24H48O2. The first-order chi connectivity index (χ1) is 12.8. The summed E-state index contributed by atoms with van der Waals surface area (Å²) in [4.78, 5) is 0. The van der Waals surface area contributed by atoms with Crippen molar-refractivity contribution in [2.24, 2.45) is 5.92 Å². The maximum Gasteiger partial charge on any atom is 0.0518 e. The SMILES string of the molecule is CC(C)OCCCOCCCCCCCCCCCCC1CCCCC1. The second-order valence-electron chi connectivity index (χ2n) is 8.71. The van der Waals surface area contributed by atoms with Crippen LogP contribution in [0.5, 0.6) is 0 Å². The molecule has 0 bridgehead atoms. The zero-order chi connectivity index (χ0) is 18.7. The van der Waals surface area contributed by atoms with Gasteiger partial charge in [0.2, 0.25) is 0 Å². The van der Waals surface area contributed by atoms with E-state index < -0.39 is 0 Å². The molecule has 1 rings (SSSR count). The zero-order valence-corrected chi connectivity index (χ0v) is 18.1. The van der Waals surface area contributed by atoms with Gasteiger partial charge in [0.1, 0.15) is 0 Å². The van der Waals surface area contributed by atoms with E-state index in [-0.39, 0.29) is 0 Å². The van der Waals surface area contributed by atoms with Gasteiger partial charge < -0.3 is 9.47 Å². The van der Waals surface area contributed by atoms with E-state index in [0.29, 0.717) is 6.10 Å². The van der Waals surface area contributed by atoms with E-state index in [1.807, 2.05) is 0 Å². The lowest BCUT2D eigenvalue weighted by Crippen LogP contribution is -2.07. The zero-order valence-electron chi connectivity index (χ0n) is 18.1. The van der Waals surface area contributed by atoms with Crippen molar-refractivity contribution in [2.75, 3.05) is 19.8 Å². The van der Waals surface area contributed by atoms with Crippen molar-refractivity contribution in [3.8, 4) is 0 Å². The summed E-state index contributed by atoms with van der Waals surface area (Å²) in [6.45, 7) is 6.78. The van der Waals surface area contributed by atoms with Crippen LogP contribution >= 0.6 is 0 Å². The smallest absolute Gasteiger partial charge is 0.0518 e. The van der Waals surface area contributed by atoms with Gasteiger partial charge in [0.05, 0.1) is 6.10 Å². The van der Waals surface area contributed by atoms with Crippen LogP contribution in [0.2, 0.25) is 0 Å². The van der Waals surface area contributed by atoms with Crippen LogP contribution in [0.25, 0.3) is 0 Å². The maximum atomic E-state index is 5.66. The van der Waals surface area contributed by atoms with Crippen LogP contribution in [0.15, 0.2) is 0 Å².